The van der Waals surface area contributed by atoms with E-state index in [4.69, 9.17) is 4.74 Å². The third-order valence-corrected chi connectivity index (χ3v) is 1.36. The second kappa shape index (κ2) is 1.34. The summed E-state index contributed by atoms with van der Waals surface area (Å²) in [6, 6.07) is 0. The smallest absolute Gasteiger partial charge is 0.0576 e. The first-order chi connectivity index (χ1) is 3.27. The van der Waals surface area contributed by atoms with E-state index < -0.39 is 0 Å². The minimum absolute atomic E-state index is 0.306. The van der Waals surface area contributed by atoms with Gasteiger partial charge in [0.2, 0.25) is 0 Å². The number of hydrogen-bond donors (Lipinski definition) is 0. The minimum Gasteiger partial charge on any atom is -0.379 e. The Labute approximate surface area is 44.0 Å². The maximum Gasteiger partial charge on any atom is 0.0576 e. The lowest BCUT2D eigenvalue weighted by molar-refractivity contribution is -0.0706. The first kappa shape index (κ1) is 4.85. The van der Waals surface area contributed by atoms with Crippen LogP contribution in [0.25, 0.3) is 0 Å². The Bertz CT molecular complexity index is 82.2. The van der Waals surface area contributed by atoms with E-state index in [1.165, 1.54) is 0 Å². The highest BCUT2D eigenvalue weighted by atomic mass is 16.5. The van der Waals surface area contributed by atoms with Crippen LogP contribution in [0.1, 0.15) is 6.92 Å². The van der Waals surface area contributed by atoms with Crippen LogP contribution in [0.5, 0.6) is 0 Å². The van der Waals surface area contributed by atoms with Crippen LogP contribution in [-0.4, -0.2) is 13.2 Å². The zero-order valence-electron chi connectivity index (χ0n) is 4.61. The fourth-order valence-electron chi connectivity index (χ4n) is 0.542. The van der Waals surface area contributed by atoms with Crippen LogP contribution in [0.2, 0.25) is 0 Å². The molecule has 0 amide bonds. The summed E-state index contributed by atoms with van der Waals surface area (Å²) in [7, 11) is 0. The van der Waals surface area contributed by atoms with Crippen molar-refractivity contribution in [1.29, 1.82) is 0 Å². The van der Waals surface area contributed by atoms with Gasteiger partial charge in [-0.05, 0) is 0 Å². The fraction of sp³-hybridized carbons (Fsp3) is 0.667. The molecule has 40 valence electrons. The van der Waals surface area contributed by atoms with Crippen molar-refractivity contribution in [2.24, 2.45) is 5.41 Å². The minimum atomic E-state index is 0.306. The lowest BCUT2D eigenvalue weighted by atomic mass is 9.89. The highest BCUT2D eigenvalue weighted by molar-refractivity contribution is 4.95. The van der Waals surface area contributed by atoms with Gasteiger partial charge in [0.15, 0.2) is 0 Å². The van der Waals surface area contributed by atoms with Crippen LogP contribution in [0.3, 0.4) is 0 Å². The zero-order valence-corrected chi connectivity index (χ0v) is 4.61. The molecule has 0 atom stereocenters. The van der Waals surface area contributed by atoms with Gasteiger partial charge < -0.3 is 4.74 Å². The molecule has 1 aliphatic heterocycles. The Balaban J connectivity index is 2.43. The maximum atomic E-state index is 4.96. The highest BCUT2D eigenvalue weighted by Crippen LogP contribution is 2.26. The molecule has 0 aromatic carbocycles. The van der Waals surface area contributed by atoms with E-state index in [1.54, 1.807) is 0 Å². The number of rotatable bonds is 1. The Morgan fingerprint density at radius 1 is 1.71 bits per heavy atom. The first-order valence-corrected chi connectivity index (χ1v) is 2.48. The summed E-state index contributed by atoms with van der Waals surface area (Å²) in [5.41, 5.74) is 0.306. The van der Waals surface area contributed by atoms with Crippen LogP contribution in [0, 0.1) is 5.41 Å². The molecule has 0 bridgehead atoms. The molecule has 1 aliphatic rings. The Hall–Kier alpha value is -0.300. The van der Waals surface area contributed by atoms with Crippen molar-refractivity contribution in [2.75, 3.05) is 13.2 Å². The Morgan fingerprint density at radius 2 is 2.29 bits per heavy atom. The molecule has 0 spiro atoms. The molecule has 1 rings (SSSR count). The van der Waals surface area contributed by atoms with Gasteiger partial charge in [-0.2, -0.15) is 0 Å². The van der Waals surface area contributed by atoms with Crippen molar-refractivity contribution >= 4 is 0 Å². The molecule has 0 aromatic rings. The van der Waals surface area contributed by atoms with Gasteiger partial charge in [-0.25, -0.2) is 0 Å². The van der Waals surface area contributed by atoms with Crippen LogP contribution in [-0.2, 0) is 4.74 Å². The molecule has 1 saturated heterocycles. The van der Waals surface area contributed by atoms with Gasteiger partial charge in [0.05, 0.1) is 13.2 Å². The summed E-state index contributed by atoms with van der Waals surface area (Å²) < 4.78 is 4.96. The van der Waals surface area contributed by atoms with Crippen molar-refractivity contribution in [3.8, 4) is 0 Å². The summed E-state index contributed by atoms with van der Waals surface area (Å²) >= 11 is 0. The quantitative estimate of drug-likeness (QED) is 0.448. The molecule has 1 fully saturated rings. The second-order valence-corrected chi connectivity index (χ2v) is 2.35. The largest absolute Gasteiger partial charge is 0.379 e. The topological polar surface area (TPSA) is 9.23 Å². The molecule has 1 heteroatoms. The van der Waals surface area contributed by atoms with Crippen molar-refractivity contribution in [3.05, 3.63) is 12.7 Å². The molecule has 0 radical (unpaired) electrons. The lowest BCUT2D eigenvalue weighted by Gasteiger charge is -2.34. The highest BCUT2D eigenvalue weighted by Gasteiger charge is 2.28. The van der Waals surface area contributed by atoms with Crippen LogP contribution in [0.4, 0.5) is 0 Å². The summed E-state index contributed by atoms with van der Waals surface area (Å²) in [6.07, 6.45) is 1.95. The third-order valence-electron chi connectivity index (χ3n) is 1.36. The van der Waals surface area contributed by atoms with Gasteiger partial charge in [-0.15, -0.1) is 6.58 Å². The average Bonchev–Trinajstić information content (AvgIpc) is 1.61. The second-order valence-electron chi connectivity index (χ2n) is 2.35. The summed E-state index contributed by atoms with van der Waals surface area (Å²) in [5.74, 6) is 0. The van der Waals surface area contributed by atoms with Gasteiger partial charge in [-0.3, -0.25) is 0 Å². The van der Waals surface area contributed by atoms with Crippen LogP contribution >= 0.6 is 0 Å². The van der Waals surface area contributed by atoms with E-state index in [0.29, 0.717) is 5.41 Å². The molecular weight excluding hydrogens is 88.1 g/mol. The SMILES string of the molecule is C=CC1(C)COC1. The molecular formula is C6H10O. The van der Waals surface area contributed by atoms with E-state index in [2.05, 4.69) is 13.5 Å². The molecule has 0 N–H and O–H groups in total. The third kappa shape index (κ3) is 0.682. The number of ether oxygens (including phenoxy) is 1. The normalized spacial score (nSPS) is 25.9. The summed E-state index contributed by atoms with van der Waals surface area (Å²) in [4.78, 5) is 0. The Morgan fingerprint density at radius 3 is 2.29 bits per heavy atom. The maximum absolute atomic E-state index is 4.96. The predicted molar refractivity (Wildman–Crippen MR) is 29.1 cm³/mol. The molecule has 0 aromatic heterocycles. The van der Waals surface area contributed by atoms with E-state index >= 15 is 0 Å². The predicted octanol–water partition coefficient (Wildman–Crippen LogP) is 1.21. The summed E-state index contributed by atoms with van der Waals surface area (Å²) in [5, 5.41) is 0. The molecule has 1 nitrogen and oxygen atoms in total. The van der Waals surface area contributed by atoms with Crippen molar-refractivity contribution in [2.45, 2.75) is 6.92 Å². The van der Waals surface area contributed by atoms with Crippen LogP contribution in [0.15, 0.2) is 12.7 Å². The average molecular weight is 98.1 g/mol. The fourth-order valence-corrected chi connectivity index (χ4v) is 0.542. The number of hydrogen-bond acceptors (Lipinski definition) is 1. The summed E-state index contributed by atoms with van der Waals surface area (Å²) in [6.45, 7) is 7.53. The Kier molecular flexibility index (Phi) is 0.927. The van der Waals surface area contributed by atoms with E-state index in [9.17, 15) is 0 Å². The van der Waals surface area contributed by atoms with Crippen LogP contribution < -0.4 is 0 Å². The first-order valence-electron chi connectivity index (χ1n) is 2.48. The van der Waals surface area contributed by atoms with Gasteiger partial charge in [0.1, 0.15) is 0 Å². The lowest BCUT2D eigenvalue weighted by Crippen LogP contribution is -2.37. The monoisotopic (exact) mass is 98.1 g/mol. The molecule has 0 saturated carbocycles. The van der Waals surface area contributed by atoms with Crippen molar-refractivity contribution < 1.29 is 4.74 Å². The zero-order chi connectivity index (χ0) is 5.33. The van der Waals surface area contributed by atoms with E-state index in [-0.39, 0.29) is 0 Å². The molecule has 7 heavy (non-hydrogen) atoms. The van der Waals surface area contributed by atoms with Gasteiger partial charge in [0, 0.05) is 5.41 Å². The van der Waals surface area contributed by atoms with E-state index in [0.717, 1.165) is 13.2 Å². The van der Waals surface area contributed by atoms with E-state index in [1.807, 2.05) is 6.08 Å². The van der Waals surface area contributed by atoms with Gasteiger partial charge in [0.25, 0.3) is 0 Å². The molecule has 1 heterocycles. The van der Waals surface area contributed by atoms with Crippen molar-refractivity contribution in [3.63, 3.8) is 0 Å². The van der Waals surface area contributed by atoms with Gasteiger partial charge in [-0.1, -0.05) is 13.0 Å². The van der Waals surface area contributed by atoms with Gasteiger partial charge >= 0.3 is 0 Å². The molecule has 0 aliphatic carbocycles. The van der Waals surface area contributed by atoms with Crippen molar-refractivity contribution in [1.82, 2.24) is 0 Å². The standard InChI is InChI=1S/C6H10O/c1-3-6(2)4-7-5-6/h3H,1,4-5H2,2H3. The molecule has 0 unspecified atom stereocenters.